The van der Waals surface area contributed by atoms with Crippen LogP contribution in [0.2, 0.25) is 0 Å². The summed E-state index contributed by atoms with van der Waals surface area (Å²) in [6, 6.07) is 0.553. The molecule has 84 valence electrons. The Balaban J connectivity index is 2.01. The molecule has 0 unspecified atom stereocenters. The number of hydrogen-bond donors (Lipinski definition) is 1. The van der Waals surface area contributed by atoms with Crippen LogP contribution < -0.4 is 10.2 Å². The van der Waals surface area contributed by atoms with Crippen molar-refractivity contribution in [2.75, 3.05) is 24.5 Å². The van der Waals surface area contributed by atoms with Crippen molar-refractivity contribution in [1.82, 2.24) is 14.7 Å². The van der Waals surface area contributed by atoms with Crippen molar-refractivity contribution in [2.24, 2.45) is 0 Å². The Bertz CT molecular complexity index is 312. The Hall–Kier alpha value is -0.680. The summed E-state index contributed by atoms with van der Waals surface area (Å²) in [7, 11) is 0. The minimum absolute atomic E-state index is 0.553. The third-order valence-electron chi connectivity index (χ3n) is 2.57. The molecule has 1 saturated heterocycles. The van der Waals surface area contributed by atoms with Gasteiger partial charge in [-0.15, -0.1) is 0 Å². The Morgan fingerprint density at radius 3 is 3.20 bits per heavy atom. The molecule has 5 heteroatoms. The van der Waals surface area contributed by atoms with E-state index >= 15 is 0 Å². The van der Waals surface area contributed by atoms with Gasteiger partial charge in [0.2, 0.25) is 5.13 Å². The number of anilines is 1. The third kappa shape index (κ3) is 2.66. The van der Waals surface area contributed by atoms with Gasteiger partial charge in [0.25, 0.3) is 0 Å². The van der Waals surface area contributed by atoms with Gasteiger partial charge in [-0.2, -0.15) is 4.37 Å². The fraction of sp³-hybridized carbons (Fsp3) is 0.800. The number of piperazine rings is 1. The van der Waals surface area contributed by atoms with Crippen molar-refractivity contribution in [1.29, 1.82) is 0 Å². The number of rotatable bonds is 3. The van der Waals surface area contributed by atoms with Crippen molar-refractivity contribution in [3.05, 3.63) is 5.82 Å². The molecule has 1 aromatic heterocycles. The van der Waals surface area contributed by atoms with E-state index in [4.69, 9.17) is 0 Å². The van der Waals surface area contributed by atoms with Crippen LogP contribution in [0.1, 0.15) is 26.1 Å². The molecular weight excluding hydrogens is 208 g/mol. The van der Waals surface area contributed by atoms with E-state index in [-0.39, 0.29) is 0 Å². The van der Waals surface area contributed by atoms with Crippen molar-refractivity contribution >= 4 is 16.7 Å². The summed E-state index contributed by atoms with van der Waals surface area (Å²) in [6.07, 6.45) is 2.12. The Morgan fingerprint density at radius 2 is 2.47 bits per heavy atom. The van der Waals surface area contributed by atoms with E-state index in [1.807, 2.05) is 0 Å². The second-order valence-corrected chi connectivity index (χ2v) is 4.77. The molecule has 1 aromatic rings. The summed E-state index contributed by atoms with van der Waals surface area (Å²) in [4.78, 5) is 6.90. The Morgan fingerprint density at radius 1 is 1.60 bits per heavy atom. The highest BCUT2D eigenvalue weighted by Crippen LogP contribution is 2.19. The molecule has 15 heavy (non-hydrogen) atoms. The highest BCUT2D eigenvalue weighted by atomic mass is 32.1. The zero-order chi connectivity index (χ0) is 10.7. The van der Waals surface area contributed by atoms with Crippen molar-refractivity contribution in [3.8, 4) is 0 Å². The van der Waals surface area contributed by atoms with Gasteiger partial charge >= 0.3 is 0 Å². The largest absolute Gasteiger partial charge is 0.344 e. The monoisotopic (exact) mass is 226 g/mol. The highest BCUT2D eigenvalue weighted by Gasteiger charge is 2.18. The molecule has 1 aliphatic heterocycles. The van der Waals surface area contributed by atoms with Crippen LogP contribution >= 0.6 is 11.5 Å². The lowest BCUT2D eigenvalue weighted by Crippen LogP contribution is -2.49. The molecule has 0 radical (unpaired) electrons. The molecule has 1 aliphatic rings. The normalized spacial score (nSPS) is 22.0. The fourth-order valence-electron chi connectivity index (χ4n) is 1.80. The van der Waals surface area contributed by atoms with E-state index in [9.17, 15) is 0 Å². The van der Waals surface area contributed by atoms with Gasteiger partial charge in [-0.3, -0.25) is 0 Å². The first kappa shape index (κ1) is 10.8. The van der Waals surface area contributed by atoms with Crippen LogP contribution in [0.15, 0.2) is 0 Å². The van der Waals surface area contributed by atoms with Crippen LogP contribution in [-0.4, -0.2) is 35.0 Å². The summed E-state index contributed by atoms with van der Waals surface area (Å²) < 4.78 is 4.37. The molecule has 0 aliphatic carbocycles. The molecule has 0 amide bonds. The van der Waals surface area contributed by atoms with Crippen LogP contribution in [-0.2, 0) is 6.42 Å². The van der Waals surface area contributed by atoms with Gasteiger partial charge in [-0.25, -0.2) is 4.98 Å². The lowest BCUT2D eigenvalue weighted by atomic mass is 10.2. The SMILES string of the molecule is CCCc1nsc(N2CCN[C@H](C)C2)n1. The summed E-state index contributed by atoms with van der Waals surface area (Å²) in [5, 5.41) is 4.52. The Kier molecular flexibility index (Phi) is 3.53. The predicted molar refractivity (Wildman–Crippen MR) is 63.6 cm³/mol. The van der Waals surface area contributed by atoms with E-state index in [2.05, 4.69) is 33.4 Å². The van der Waals surface area contributed by atoms with Crippen molar-refractivity contribution < 1.29 is 0 Å². The van der Waals surface area contributed by atoms with E-state index in [0.717, 1.165) is 43.4 Å². The first-order valence-corrected chi connectivity index (χ1v) is 6.38. The van der Waals surface area contributed by atoms with Gasteiger partial charge in [0.1, 0.15) is 5.82 Å². The van der Waals surface area contributed by atoms with E-state index in [1.165, 1.54) is 11.5 Å². The van der Waals surface area contributed by atoms with E-state index < -0.39 is 0 Å². The van der Waals surface area contributed by atoms with Crippen LogP contribution in [0, 0.1) is 0 Å². The van der Waals surface area contributed by atoms with Crippen molar-refractivity contribution in [2.45, 2.75) is 32.7 Å². The fourth-order valence-corrected chi connectivity index (χ4v) is 2.55. The molecule has 2 heterocycles. The number of aryl methyl sites for hydroxylation is 1. The quantitative estimate of drug-likeness (QED) is 0.843. The highest BCUT2D eigenvalue weighted by molar-refractivity contribution is 7.09. The van der Waals surface area contributed by atoms with Crippen LogP contribution in [0.5, 0.6) is 0 Å². The number of hydrogen-bond acceptors (Lipinski definition) is 5. The summed E-state index contributed by atoms with van der Waals surface area (Å²) in [5.74, 6) is 1.00. The molecule has 1 N–H and O–H groups in total. The summed E-state index contributed by atoms with van der Waals surface area (Å²) >= 11 is 1.54. The summed E-state index contributed by atoms with van der Waals surface area (Å²) in [5.41, 5.74) is 0. The van der Waals surface area contributed by atoms with Gasteiger partial charge in [0.15, 0.2) is 0 Å². The average molecular weight is 226 g/mol. The standard InChI is InChI=1S/C10H18N4S/c1-3-4-9-12-10(15-13-9)14-6-5-11-8(2)7-14/h8,11H,3-7H2,1-2H3/t8-/m1/s1. The lowest BCUT2D eigenvalue weighted by Gasteiger charge is -2.31. The maximum atomic E-state index is 4.56. The van der Waals surface area contributed by atoms with Crippen LogP contribution in [0.3, 0.4) is 0 Å². The first-order valence-electron chi connectivity index (χ1n) is 5.60. The molecule has 0 aromatic carbocycles. The number of nitrogens with one attached hydrogen (secondary N) is 1. The van der Waals surface area contributed by atoms with Gasteiger partial charge in [0.05, 0.1) is 0 Å². The molecule has 1 fully saturated rings. The first-order chi connectivity index (χ1) is 7.29. The topological polar surface area (TPSA) is 41.1 Å². The van der Waals surface area contributed by atoms with Gasteiger partial charge in [-0.05, 0) is 13.3 Å². The molecular formula is C10H18N4S. The molecule has 1 atom stereocenters. The minimum Gasteiger partial charge on any atom is -0.344 e. The third-order valence-corrected chi connectivity index (χ3v) is 3.39. The number of nitrogens with zero attached hydrogens (tertiary/aromatic N) is 3. The predicted octanol–water partition coefficient (Wildman–Crippen LogP) is 1.29. The van der Waals surface area contributed by atoms with Gasteiger partial charge in [-0.1, -0.05) is 6.92 Å². The molecule has 0 bridgehead atoms. The maximum absolute atomic E-state index is 4.56. The molecule has 0 saturated carbocycles. The van der Waals surface area contributed by atoms with Crippen LogP contribution in [0.4, 0.5) is 5.13 Å². The van der Waals surface area contributed by atoms with Gasteiger partial charge < -0.3 is 10.2 Å². The molecule has 2 rings (SSSR count). The summed E-state index contributed by atoms with van der Waals surface area (Å²) in [6.45, 7) is 7.50. The zero-order valence-electron chi connectivity index (χ0n) is 9.36. The second-order valence-electron chi connectivity index (χ2n) is 4.04. The lowest BCUT2D eigenvalue weighted by molar-refractivity contribution is 0.484. The van der Waals surface area contributed by atoms with Gasteiger partial charge in [0, 0.05) is 43.6 Å². The van der Waals surface area contributed by atoms with Crippen LogP contribution in [0.25, 0.3) is 0 Å². The Labute approximate surface area is 94.9 Å². The maximum Gasteiger partial charge on any atom is 0.205 e. The van der Waals surface area contributed by atoms with Crippen molar-refractivity contribution in [3.63, 3.8) is 0 Å². The van der Waals surface area contributed by atoms with E-state index in [1.54, 1.807) is 0 Å². The smallest absolute Gasteiger partial charge is 0.205 e. The minimum atomic E-state index is 0.553. The number of aromatic nitrogens is 2. The zero-order valence-corrected chi connectivity index (χ0v) is 10.2. The van der Waals surface area contributed by atoms with E-state index in [0.29, 0.717) is 6.04 Å². The molecule has 0 spiro atoms. The second kappa shape index (κ2) is 4.90. The molecule has 4 nitrogen and oxygen atoms in total. The average Bonchev–Trinajstić information content (AvgIpc) is 2.67.